The molecule has 16 heavy (non-hydrogen) atoms. The Balaban J connectivity index is 2.33. The molecule has 0 bridgehead atoms. The minimum absolute atomic E-state index is 0.222. The number of unbranched alkanes of at least 4 members (excludes halogenated alkanes) is 1. The van der Waals surface area contributed by atoms with Gasteiger partial charge in [-0.15, -0.1) is 0 Å². The molecule has 1 aliphatic heterocycles. The maximum absolute atomic E-state index is 11.7. The normalized spacial score (nSPS) is 19.1. The first-order valence-corrected chi connectivity index (χ1v) is 5.59. The second kappa shape index (κ2) is 4.51. The number of hydrogen-bond donors (Lipinski definition) is 0. The van der Waals surface area contributed by atoms with Gasteiger partial charge in [0.25, 0.3) is 0 Å². The standard InChI is InChI=1S/C12H15NO3/c1-2-3-4-11-12(15)16-8-10-6-5-9(7-14)13(10)11/h5-7,11H,2-4,8H2,1H3. The predicted octanol–water partition coefficient (Wildman–Crippen LogP) is 2.09. The van der Waals surface area contributed by atoms with Gasteiger partial charge in [-0.05, 0) is 18.6 Å². The van der Waals surface area contributed by atoms with Crippen molar-refractivity contribution in [2.75, 3.05) is 0 Å². The second-order valence-corrected chi connectivity index (χ2v) is 4.00. The van der Waals surface area contributed by atoms with Crippen LogP contribution in [0.2, 0.25) is 0 Å². The van der Waals surface area contributed by atoms with Gasteiger partial charge in [-0.25, -0.2) is 4.79 Å². The van der Waals surface area contributed by atoms with Crippen LogP contribution in [-0.4, -0.2) is 16.8 Å². The molecule has 1 aromatic rings. The molecule has 1 aliphatic rings. The molecule has 0 spiro atoms. The van der Waals surface area contributed by atoms with Crippen molar-refractivity contribution in [3.8, 4) is 0 Å². The number of cyclic esters (lactones) is 1. The second-order valence-electron chi connectivity index (χ2n) is 4.00. The fraction of sp³-hybridized carbons (Fsp3) is 0.500. The van der Waals surface area contributed by atoms with E-state index in [0.717, 1.165) is 31.2 Å². The molecule has 4 nitrogen and oxygen atoms in total. The lowest BCUT2D eigenvalue weighted by molar-refractivity contribution is -0.152. The Bertz CT molecular complexity index is 408. The zero-order valence-electron chi connectivity index (χ0n) is 9.31. The van der Waals surface area contributed by atoms with Crippen LogP contribution < -0.4 is 0 Å². The first-order valence-electron chi connectivity index (χ1n) is 5.59. The predicted molar refractivity (Wildman–Crippen MR) is 58.2 cm³/mol. The van der Waals surface area contributed by atoms with Gasteiger partial charge in [-0.3, -0.25) is 4.79 Å². The summed E-state index contributed by atoms with van der Waals surface area (Å²) >= 11 is 0. The highest BCUT2D eigenvalue weighted by molar-refractivity contribution is 5.79. The van der Waals surface area contributed by atoms with Gasteiger partial charge in [0.2, 0.25) is 0 Å². The molecular formula is C12H15NO3. The molecule has 2 rings (SSSR count). The van der Waals surface area contributed by atoms with Gasteiger partial charge in [0.1, 0.15) is 12.6 Å². The van der Waals surface area contributed by atoms with E-state index in [-0.39, 0.29) is 18.6 Å². The van der Waals surface area contributed by atoms with E-state index in [1.165, 1.54) is 0 Å². The number of carbonyl (C=O) groups is 2. The van der Waals surface area contributed by atoms with Crippen molar-refractivity contribution in [3.63, 3.8) is 0 Å². The maximum Gasteiger partial charge on any atom is 0.329 e. The van der Waals surface area contributed by atoms with Crippen LogP contribution in [0.15, 0.2) is 12.1 Å². The number of esters is 1. The van der Waals surface area contributed by atoms with E-state index in [1.807, 2.05) is 10.6 Å². The summed E-state index contributed by atoms with van der Waals surface area (Å²) in [7, 11) is 0. The van der Waals surface area contributed by atoms with Gasteiger partial charge in [0, 0.05) is 0 Å². The molecule has 0 radical (unpaired) electrons. The number of nitrogens with zero attached hydrogens (tertiary/aromatic N) is 1. The van der Waals surface area contributed by atoms with E-state index in [4.69, 9.17) is 4.74 Å². The fourth-order valence-corrected chi connectivity index (χ4v) is 2.09. The Morgan fingerprint density at radius 1 is 1.56 bits per heavy atom. The monoisotopic (exact) mass is 221 g/mol. The summed E-state index contributed by atoms with van der Waals surface area (Å²) in [4.78, 5) is 22.6. The van der Waals surface area contributed by atoms with Crippen molar-refractivity contribution in [3.05, 3.63) is 23.5 Å². The summed E-state index contributed by atoms with van der Waals surface area (Å²) in [6.07, 6.45) is 3.51. The largest absolute Gasteiger partial charge is 0.458 e. The third kappa shape index (κ3) is 1.75. The number of aldehydes is 1. The SMILES string of the molecule is CCCCC1C(=O)OCc2ccc(C=O)n21. The van der Waals surface area contributed by atoms with Crippen LogP contribution in [0, 0.1) is 0 Å². The molecule has 0 N–H and O–H groups in total. The molecule has 0 aromatic carbocycles. The number of hydrogen-bond acceptors (Lipinski definition) is 3. The van der Waals surface area contributed by atoms with Crippen molar-refractivity contribution < 1.29 is 14.3 Å². The Morgan fingerprint density at radius 2 is 2.38 bits per heavy atom. The molecule has 2 heterocycles. The molecule has 1 unspecified atom stereocenters. The zero-order chi connectivity index (χ0) is 11.5. The van der Waals surface area contributed by atoms with Gasteiger partial charge >= 0.3 is 5.97 Å². The van der Waals surface area contributed by atoms with Crippen molar-refractivity contribution >= 4 is 12.3 Å². The van der Waals surface area contributed by atoms with Crippen LogP contribution in [-0.2, 0) is 16.1 Å². The van der Waals surface area contributed by atoms with E-state index < -0.39 is 0 Å². The highest BCUT2D eigenvalue weighted by Gasteiger charge is 2.29. The fourth-order valence-electron chi connectivity index (χ4n) is 2.09. The third-order valence-corrected chi connectivity index (χ3v) is 2.93. The Labute approximate surface area is 94.2 Å². The van der Waals surface area contributed by atoms with E-state index in [1.54, 1.807) is 6.07 Å². The quantitative estimate of drug-likeness (QED) is 0.577. The molecular weight excluding hydrogens is 206 g/mol. The molecule has 1 atom stereocenters. The summed E-state index contributed by atoms with van der Waals surface area (Å²) in [5.74, 6) is -0.222. The summed E-state index contributed by atoms with van der Waals surface area (Å²) in [5, 5.41) is 0. The zero-order valence-corrected chi connectivity index (χ0v) is 9.31. The van der Waals surface area contributed by atoms with Crippen LogP contribution in [0.5, 0.6) is 0 Å². The Hall–Kier alpha value is -1.58. The Morgan fingerprint density at radius 3 is 3.06 bits per heavy atom. The molecule has 0 amide bonds. The summed E-state index contributed by atoms with van der Waals surface area (Å²) < 4.78 is 6.91. The topological polar surface area (TPSA) is 48.3 Å². The molecule has 4 heteroatoms. The Kier molecular flexibility index (Phi) is 3.08. The van der Waals surface area contributed by atoms with Crippen LogP contribution >= 0.6 is 0 Å². The lowest BCUT2D eigenvalue weighted by atomic mass is 10.1. The average molecular weight is 221 g/mol. The average Bonchev–Trinajstić information content (AvgIpc) is 2.71. The van der Waals surface area contributed by atoms with Gasteiger partial charge in [0.05, 0.1) is 11.4 Å². The molecule has 0 aliphatic carbocycles. The van der Waals surface area contributed by atoms with E-state index in [0.29, 0.717) is 5.69 Å². The minimum atomic E-state index is -0.320. The van der Waals surface area contributed by atoms with Crippen molar-refractivity contribution in [2.45, 2.75) is 38.8 Å². The lowest BCUT2D eigenvalue weighted by Crippen LogP contribution is -2.29. The number of ether oxygens (including phenoxy) is 1. The van der Waals surface area contributed by atoms with Crippen LogP contribution in [0.25, 0.3) is 0 Å². The van der Waals surface area contributed by atoms with E-state index in [2.05, 4.69) is 6.92 Å². The molecule has 0 fully saturated rings. The number of aromatic nitrogens is 1. The lowest BCUT2D eigenvalue weighted by Gasteiger charge is -2.26. The van der Waals surface area contributed by atoms with Crippen LogP contribution in [0.1, 0.15) is 48.4 Å². The maximum atomic E-state index is 11.7. The van der Waals surface area contributed by atoms with Gasteiger partial charge in [-0.1, -0.05) is 19.8 Å². The number of carbonyl (C=O) groups excluding carboxylic acids is 2. The van der Waals surface area contributed by atoms with E-state index >= 15 is 0 Å². The van der Waals surface area contributed by atoms with Gasteiger partial charge < -0.3 is 9.30 Å². The summed E-state index contributed by atoms with van der Waals surface area (Å²) in [5.41, 5.74) is 1.47. The first-order chi connectivity index (χ1) is 7.77. The van der Waals surface area contributed by atoms with Crippen LogP contribution in [0.4, 0.5) is 0 Å². The van der Waals surface area contributed by atoms with Crippen molar-refractivity contribution in [2.24, 2.45) is 0 Å². The molecule has 86 valence electrons. The van der Waals surface area contributed by atoms with E-state index in [9.17, 15) is 9.59 Å². The minimum Gasteiger partial charge on any atom is -0.458 e. The highest BCUT2D eigenvalue weighted by atomic mass is 16.5. The highest BCUT2D eigenvalue weighted by Crippen LogP contribution is 2.27. The van der Waals surface area contributed by atoms with Gasteiger partial charge in [0.15, 0.2) is 6.29 Å². The summed E-state index contributed by atoms with van der Waals surface area (Å²) in [6, 6.07) is 3.26. The molecule has 0 saturated heterocycles. The first kappa shape index (κ1) is 10.9. The number of fused-ring (bicyclic) bond motifs is 1. The van der Waals surface area contributed by atoms with Crippen molar-refractivity contribution in [1.82, 2.24) is 4.57 Å². The van der Waals surface area contributed by atoms with Crippen molar-refractivity contribution in [1.29, 1.82) is 0 Å². The summed E-state index contributed by atoms with van der Waals surface area (Å²) in [6.45, 7) is 2.35. The van der Waals surface area contributed by atoms with Crippen LogP contribution in [0.3, 0.4) is 0 Å². The molecule has 0 saturated carbocycles. The third-order valence-electron chi connectivity index (χ3n) is 2.93. The molecule has 1 aromatic heterocycles. The number of rotatable bonds is 4. The smallest absolute Gasteiger partial charge is 0.329 e. The van der Waals surface area contributed by atoms with Gasteiger partial charge in [-0.2, -0.15) is 0 Å².